The molecule has 3 rings (SSSR count). The second-order valence-corrected chi connectivity index (χ2v) is 7.50. The van der Waals surface area contributed by atoms with Crippen LogP contribution in [0.2, 0.25) is 0 Å². The Kier molecular flexibility index (Phi) is 5.60. The van der Waals surface area contributed by atoms with Gasteiger partial charge in [0.1, 0.15) is 15.5 Å². The van der Waals surface area contributed by atoms with Gasteiger partial charge in [-0.3, -0.25) is 9.59 Å². The quantitative estimate of drug-likeness (QED) is 0.666. The summed E-state index contributed by atoms with van der Waals surface area (Å²) in [6.07, 6.45) is -0.0913. The van der Waals surface area contributed by atoms with Gasteiger partial charge in [-0.15, -0.1) is 11.3 Å². The zero-order valence-corrected chi connectivity index (χ0v) is 16.9. The summed E-state index contributed by atoms with van der Waals surface area (Å²) in [4.78, 5) is 46.9. The zero-order chi connectivity index (χ0) is 20.4. The summed E-state index contributed by atoms with van der Waals surface area (Å²) in [5.41, 5.74) is 0.991. The van der Waals surface area contributed by atoms with E-state index in [2.05, 4.69) is 9.97 Å². The summed E-state index contributed by atoms with van der Waals surface area (Å²) in [6, 6.07) is 9.49. The second-order valence-electron chi connectivity index (χ2n) is 6.50. The summed E-state index contributed by atoms with van der Waals surface area (Å²) in [5.74, 6) is -0.342. The lowest BCUT2D eigenvalue weighted by molar-refractivity contribution is -0.131. The molecular weight excluding hydrogens is 378 g/mol. The number of nitrogens with one attached hydrogen (secondary N) is 1. The van der Waals surface area contributed by atoms with Gasteiger partial charge in [0.2, 0.25) is 5.91 Å². The van der Waals surface area contributed by atoms with Crippen molar-refractivity contribution in [2.45, 2.75) is 26.3 Å². The molecule has 8 heteroatoms. The summed E-state index contributed by atoms with van der Waals surface area (Å²) >= 11 is 1.07. The van der Waals surface area contributed by atoms with Crippen LogP contribution < -0.4 is 5.56 Å². The van der Waals surface area contributed by atoms with Crippen molar-refractivity contribution in [1.82, 2.24) is 14.9 Å². The minimum absolute atomic E-state index is 0.0913. The Morgan fingerprint density at radius 2 is 1.96 bits per heavy atom. The Hall–Kier alpha value is -3.00. The van der Waals surface area contributed by atoms with Gasteiger partial charge in [-0.05, 0) is 19.4 Å². The number of benzene rings is 1. The van der Waals surface area contributed by atoms with Gasteiger partial charge in [0.25, 0.3) is 5.56 Å². The van der Waals surface area contributed by atoms with Crippen molar-refractivity contribution in [3.63, 3.8) is 0 Å². The largest absolute Gasteiger partial charge is 0.465 e. The molecule has 28 heavy (non-hydrogen) atoms. The van der Waals surface area contributed by atoms with Crippen molar-refractivity contribution in [2.24, 2.45) is 0 Å². The molecule has 0 unspecified atom stereocenters. The van der Waals surface area contributed by atoms with Crippen molar-refractivity contribution in [2.75, 3.05) is 14.2 Å². The van der Waals surface area contributed by atoms with Gasteiger partial charge in [0.15, 0.2) is 0 Å². The Balaban J connectivity index is 2.00. The Labute approximate surface area is 166 Å². The maximum atomic E-state index is 13.0. The molecule has 2 heterocycles. The first-order valence-electron chi connectivity index (χ1n) is 8.74. The lowest BCUT2D eigenvalue weighted by atomic mass is 10.1. The Morgan fingerprint density at radius 1 is 1.29 bits per heavy atom. The fourth-order valence-corrected chi connectivity index (χ4v) is 4.20. The van der Waals surface area contributed by atoms with E-state index in [1.54, 1.807) is 18.9 Å². The smallest absolute Gasteiger partial charge is 0.348 e. The van der Waals surface area contributed by atoms with Crippen LogP contribution in [0.5, 0.6) is 0 Å². The van der Waals surface area contributed by atoms with Gasteiger partial charge in [0.05, 0.1) is 25.0 Å². The summed E-state index contributed by atoms with van der Waals surface area (Å²) in [7, 11) is 2.98. The molecule has 1 aromatic carbocycles. The number of carbonyl (C=O) groups is 2. The van der Waals surface area contributed by atoms with Gasteiger partial charge >= 0.3 is 5.97 Å². The molecule has 7 nitrogen and oxygen atoms in total. The van der Waals surface area contributed by atoms with E-state index in [-0.39, 0.29) is 34.2 Å². The number of fused-ring (bicyclic) bond motifs is 1. The number of ether oxygens (including phenoxy) is 1. The average molecular weight is 399 g/mol. The van der Waals surface area contributed by atoms with E-state index in [0.29, 0.717) is 16.2 Å². The van der Waals surface area contributed by atoms with Gasteiger partial charge < -0.3 is 14.6 Å². The first kappa shape index (κ1) is 19.8. The monoisotopic (exact) mass is 399 g/mol. The molecule has 146 valence electrons. The van der Waals surface area contributed by atoms with E-state index >= 15 is 0 Å². The third-order valence-corrected chi connectivity index (χ3v) is 5.84. The molecule has 0 saturated carbocycles. The highest BCUT2D eigenvalue weighted by molar-refractivity contribution is 7.20. The molecule has 0 aliphatic rings. The maximum Gasteiger partial charge on any atom is 0.348 e. The Bertz CT molecular complexity index is 1090. The third-order valence-electron chi connectivity index (χ3n) is 4.73. The highest BCUT2D eigenvalue weighted by Gasteiger charge is 2.26. The summed E-state index contributed by atoms with van der Waals surface area (Å²) in [5, 5.41) is 0.269. The minimum Gasteiger partial charge on any atom is -0.465 e. The SMILES string of the molecule is COC(=O)c1sc2nc(C)[nH]c(=O)c2c1CC(=O)N(C)[C@@H](C)c1ccccc1. The zero-order valence-electron chi connectivity index (χ0n) is 16.1. The van der Waals surface area contributed by atoms with Gasteiger partial charge in [-0.2, -0.15) is 0 Å². The van der Waals surface area contributed by atoms with Gasteiger partial charge in [-0.25, -0.2) is 9.78 Å². The molecule has 2 aromatic heterocycles. The van der Waals surface area contributed by atoms with Crippen molar-refractivity contribution in [3.8, 4) is 0 Å². The molecule has 0 spiro atoms. The highest BCUT2D eigenvalue weighted by Crippen LogP contribution is 2.30. The van der Waals surface area contributed by atoms with Crippen molar-refractivity contribution in [3.05, 3.63) is 62.5 Å². The first-order chi connectivity index (χ1) is 13.3. The number of methoxy groups -OCH3 is 1. The molecule has 0 bridgehead atoms. The average Bonchev–Trinajstić information content (AvgIpc) is 3.05. The molecule has 1 amide bonds. The number of thiophene rings is 1. The molecule has 3 aromatic rings. The molecule has 0 fully saturated rings. The number of rotatable bonds is 5. The van der Waals surface area contributed by atoms with Gasteiger partial charge in [0, 0.05) is 12.6 Å². The van der Waals surface area contributed by atoms with E-state index in [9.17, 15) is 14.4 Å². The number of nitrogens with zero attached hydrogens (tertiary/aromatic N) is 2. The Morgan fingerprint density at radius 3 is 2.61 bits per heavy atom. The number of hydrogen-bond donors (Lipinski definition) is 1. The number of esters is 1. The van der Waals surface area contributed by atoms with Crippen LogP contribution in [0.15, 0.2) is 35.1 Å². The predicted octanol–water partition coefficient (Wildman–Crippen LogP) is 2.84. The molecule has 0 aliphatic carbocycles. The second kappa shape index (κ2) is 7.93. The molecular formula is C20H21N3O4S. The standard InChI is InChI=1S/C20H21N3O4S/c1-11(13-8-6-5-7-9-13)23(3)15(24)10-14-16-18(25)21-12(2)22-19(16)28-17(14)20(26)27-4/h5-9,11H,10H2,1-4H3,(H,21,22,25)/t11-/m0/s1. The number of aromatic nitrogens is 2. The fourth-order valence-electron chi connectivity index (χ4n) is 3.05. The summed E-state index contributed by atoms with van der Waals surface area (Å²) in [6.45, 7) is 3.59. The van der Waals surface area contributed by atoms with Crippen LogP contribution in [0.3, 0.4) is 0 Å². The molecule has 0 radical (unpaired) electrons. The lowest BCUT2D eigenvalue weighted by Gasteiger charge is -2.25. The van der Waals surface area contributed by atoms with Crippen molar-refractivity contribution >= 4 is 33.4 Å². The van der Waals surface area contributed by atoms with Crippen LogP contribution in [0.4, 0.5) is 0 Å². The minimum atomic E-state index is -0.582. The molecule has 1 atom stereocenters. The predicted molar refractivity (Wildman–Crippen MR) is 108 cm³/mol. The van der Waals surface area contributed by atoms with Crippen LogP contribution >= 0.6 is 11.3 Å². The number of aromatic amines is 1. The number of aryl methyl sites for hydroxylation is 1. The van der Waals surface area contributed by atoms with Crippen molar-refractivity contribution < 1.29 is 14.3 Å². The van der Waals surface area contributed by atoms with E-state index in [4.69, 9.17) is 4.74 Å². The number of hydrogen-bond acceptors (Lipinski definition) is 6. The lowest BCUT2D eigenvalue weighted by Crippen LogP contribution is -2.31. The molecule has 0 saturated heterocycles. The van der Waals surface area contributed by atoms with E-state index < -0.39 is 5.97 Å². The normalized spacial score (nSPS) is 12.0. The van der Waals surface area contributed by atoms with E-state index in [1.807, 2.05) is 37.3 Å². The van der Waals surface area contributed by atoms with Crippen LogP contribution in [0.25, 0.3) is 10.2 Å². The van der Waals surface area contributed by atoms with Crippen molar-refractivity contribution in [1.29, 1.82) is 0 Å². The first-order valence-corrected chi connectivity index (χ1v) is 9.56. The van der Waals surface area contributed by atoms with Crippen LogP contribution in [0, 0.1) is 6.92 Å². The number of carbonyl (C=O) groups excluding carboxylic acids is 2. The number of amides is 1. The molecule has 1 N–H and O–H groups in total. The van der Waals surface area contributed by atoms with Crippen LogP contribution in [-0.2, 0) is 16.0 Å². The third kappa shape index (κ3) is 3.68. The van der Waals surface area contributed by atoms with Gasteiger partial charge in [-0.1, -0.05) is 30.3 Å². The van der Waals surface area contributed by atoms with Crippen LogP contribution in [0.1, 0.15) is 39.6 Å². The topological polar surface area (TPSA) is 92.4 Å². The fraction of sp³-hybridized carbons (Fsp3) is 0.300. The number of H-pyrrole nitrogens is 1. The van der Waals surface area contributed by atoms with E-state index in [1.165, 1.54) is 7.11 Å². The summed E-state index contributed by atoms with van der Waals surface area (Å²) < 4.78 is 4.84. The van der Waals surface area contributed by atoms with Crippen LogP contribution in [-0.4, -0.2) is 40.9 Å². The highest BCUT2D eigenvalue weighted by atomic mass is 32.1. The van der Waals surface area contributed by atoms with E-state index in [0.717, 1.165) is 16.9 Å². The molecule has 0 aliphatic heterocycles. The maximum absolute atomic E-state index is 13.0. The number of likely N-dealkylation sites (N-methyl/N-ethyl adjacent to an activating group) is 1.